The second-order valence-electron chi connectivity index (χ2n) is 7.46. The maximum atomic E-state index is 10.9. The topological polar surface area (TPSA) is 29.6 Å². The Bertz CT molecular complexity index is 762. The van der Waals surface area contributed by atoms with Gasteiger partial charge in [-0.25, -0.2) is 0 Å². The highest BCUT2D eigenvalue weighted by Gasteiger charge is 2.18. The van der Waals surface area contributed by atoms with Crippen molar-refractivity contribution in [2.24, 2.45) is 0 Å². The number of benzene rings is 2. The van der Waals surface area contributed by atoms with Crippen molar-refractivity contribution in [1.82, 2.24) is 4.57 Å². The van der Waals surface area contributed by atoms with Crippen LogP contribution in [0.2, 0.25) is 0 Å². The molecule has 1 heterocycles. The number of aromatic nitrogens is 1. The van der Waals surface area contributed by atoms with Crippen molar-refractivity contribution in [2.45, 2.75) is 52.2 Å². The number of hydrogen-bond donors (Lipinski definition) is 2. The lowest BCUT2D eigenvalue weighted by Crippen LogP contribution is -3.13. The molecule has 0 radical (unpaired) electrons. The Morgan fingerprint density at radius 2 is 1.35 bits per heavy atom. The minimum Gasteiger partial charge on any atom is -0.385 e. The van der Waals surface area contributed by atoms with E-state index < -0.39 is 0 Å². The summed E-state index contributed by atoms with van der Waals surface area (Å²) in [6.07, 6.45) is 4.59. The lowest BCUT2D eigenvalue weighted by Gasteiger charge is -2.23. The van der Waals surface area contributed by atoms with Gasteiger partial charge in [-0.05, 0) is 25.0 Å². The van der Waals surface area contributed by atoms with Crippen LogP contribution in [0.1, 0.15) is 39.5 Å². The molecule has 0 fully saturated rings. The summed E-state index contributed by atoms with van der Waals surface area (Å²) in [7, 11) is 0. The monoisotopic (exact) mass is 353 g/mol. The van der Waals surface area contributed by atoms with Gasteiger partial charge in [0.05, 0.1) is 19.6 Å². The van der Waals surface area contributed by atoms with Crippen LogP contribution in [0.4, 0.5) is 0 Å². The average molecular weight is 354 g/mol. The van der Waals surface area contributed by atoms with Crippen molar-refractivity contribution in [3.05, 3.63) is 48.5 Å². The highest BCUT2D eigenvalue weighted by atomic mass is 16.3. The summed E-state index contributed by atoms with van der Waals surface area (Å²) in [5.74, 6) is 0. The Hall–Kier alpha value is -1.84. The molecule has 1 atom stereocenters. The molecule has 0 amide bonds. The van der Waals surface area contributed by atoms with Crippen molar-refractivity contribution in [2.75, 3.05) is 19.6 Å². The lowest BCUT2D eigenvalue weighted by atomic mass is 10.2. The molecule has 140 valence electrons. The molecule has 0 bridgehead atoms. The van der Waals surface area contributed by atoms with Crippen LogP contribution in [0, 0.1) is 0 Å². The van der Waals surface area contributed by atoms with E-state index in [0.717, 1.165) is 6.54 Å². The first kappa shape index (κ1) is 18.9. The number of nitrogens with one attached hydrogen (secondary N) is 1. The van der Waals surface area contributed by atoms with E-state index >= 15 is 0 Å². The van der Waals surface area contributed by atoms with Crippen LogP contribution in [0.3, 0.4) is 0 Å². The van der Waals surface area contributed by atoms with E-state index in [2.05, 4.69) is 66.9 Å². The second kappa shape index (κ2) is 9.20. The van der Waals surface area contributed by atoms with E-state index in [-0.39, 0.29) is 6.10 Å². The van der Waals surface area contributed by atoms with E-state index in [9.17, 15) is 5.11 Å². The van der Waals surface area contributed by atoms with Crippen LogP contribution < -0.4 is 4.90 Å². The first-order chi connectivity index (χ1) is 12.7. The number of aliphatic hydroxyl groups is 1. The van der Waals surface area contributed by atoms with Gasteiger partial charge >= 0.3 is 0 Å². The van der Waals surface area contributed by atoms with Gasteiger partial charge in [0.25, 0.3) is 0 Å². The molecule has 0 aliphatic heterocycles. The van der Waals surface area contributed by atoms with Gasteiger partial charge in [-0.15, -0.1) is 0 Å². The third-order valence-electron chi connectivity index (χ3n) is 5.37. The summed E-state index contributed by atoms with van der Waals surface area (Å²) in [5, 5.41) is 13.4. The van der Waals surface area contributed by atoms with Gasteiger partial charge in [-0.2, -0.15) is 0 Å². The SMILES string of the molecule is CCCC[NH+](CCCC)C[C@@H](O)Cn1c2ccccc2c2ccccc21. The number of quaternary nitrogens is 1. The number of para-hydroxylation sites is 2. The van der Waals surface area contributed by atoms with Gasteiger partial charge in [0.2, 0.25) is 0 Å². The van der Waals surface area contributed by atoms with Crippen LogP contribution in [-0.4, -0.2) is 35.4 Å². The zero-order chi connectivity index (χ0) is 18.4. The zero-order valence-electron chi connectivity index (χ0n) is 16.2. The van der Waals surface area contributed by atoms with Gasteiger partial charge in [0, 0.05) is 21.8 Å². The predicted molar refractivity (Wildman–Crippen MR) is 111 cm³/mol. The van der Waals surface area contributed by atoms with Gasteiger partial charge < -0.3 is 14.6 Å². The Balaban J connectivity index is 1.80. The first-order valence-electron chi connectivity index (χ1n) is 10.2. The van der Waals surface area contributed by atoms with Crippen molar-refractivity contribution >= 4 is 21.8 Å². The summed E-state index contributed by atoms with van der Waals surface area (Å²) in [6.45, 7) is 8.32. The lowest BCUT2D eigenvalue weighted by molar-refractivity contribution is -0.903. The van der Waals surface area contributed by atoms with Gasteiger partial charge in [-0.1, -0.05) is 63.1 Å². The molecule has 0 spiro atoms. The molecule has 0 aliphatic rings. The first-order valence-corrected chi connectivity index (χ1v) is 10.2. The van der Waals surface area contributed by atoms with Gasteiger partial charge in [-0.3, -0.25) is 0 Å². The Labute approximate surface area is 157 Å². The summed E-state index contributed by atoms with van der Waals surface area (Å²) >= 11 is 0. The molecule has 0 aliphatic carbocycles. The standard InChI is InChI=1S/C23H32N2O/c1-3-5-15-24(16-6-4-2)17-19(26)18-25-22-13-9-7-11-20(22)21-12-8-10-14-23(21)25/h7-14,19,26H,3-6,15-18H2,1-2H3/p+1/t19-/m1/s1. The quantitative estimate of drug-likeness (QED) is 0.573. The van der Waals surface area contributed by atoms with E-state index in [1.165, 1.54) is 60.6 Å². The molecule has 2 N–H and O–H groups in total. The third kappa shape index (κ3) is 4.28. The number of fused-ring (bicyclic) bond motifs is 3. The van der Waals surface area contributed by atoms with Crippen LogP contribution in [-0.2, 0) is 6.54 Å². The van der Waals surface area contributed by atoms with Gasteiger partial charge in [0.15, 0.2) is 0 Å². The normalized spacial score (nSPS) is 13.1. The molecule has 2 aromatic carbocycles. The Morgan fingerprint density at radius 3 is 1.85 bits per heavy atom. The van der Waals surface area contributed by atoms with Gasteiger partial charge in [0.1, 0.15) is 12.6 Å². The van der Waals surface area contributed by atoms with Crippen molar-refractivity contribution < 1.29 is 10.0 Å². The summed E-state index contributed by atoms with van der Waals surface area (Å²) in [5.41, 5.74) is 2.44. The molecular formula is C23H33N2O+. The molecule has 26 heavy (non-hydrogen) atoms. The molecule has 3 aromatic rings. The fraction of sp³-hybridized carbons (Fsp3) is 0.478. The smallest absolute Gasteiger partial charge is 0.121 e. The molecule has 3 rings (SSSR count). The molecule has 1 aromatic heterocycles. The Morgan fingerprint density at radius 1 is 0.846 bits per heavy atom. The summed E-state index contributed by atoms with van der Waals surface area (Å²) < 4.78 is 2.30. The zero-order valence-corrected chi connectivity index (χ0v) is 16.2. The number of hydrogen-bond acceptors (Lipinski definition) is 1. The van der Waals surface area contributed by atoms with Crippen LogP contribution in [0.15, 0.2) is 48.5 Å². The number of unbranched alkanes of at least 4 members (excludes halogenated alkanes) is 2. The average Bonchev–Trinajstić information content (AvgIpc) is 2.98. The van der Waals surface area contributed by atoms with Crippen LogP contribution in [0.5, 0.6) is 0 Å². The maximum Gasteiger partial charge on any atom is 0.121 e. The third-order valence-corrected chi connectivity index (χ3v) is 5.37. The number of aliphatic hydroxyl groups excluding tert-OH is 1. The van der Waals surface area contributed by atoms with E-state index in [4.69, 9.17) is 0 Å². The largest absolute Gasteiger partial charge is 0.385 e. The van der Waals surface area contributed by atoms with Crippen LogP contribution in [0.25, 0.3) is 21.8 Å². The van der Waals surface area contributed by atoms with E-state index in [1.807, 2.05) is 0 Å². The second-order valence-corrected chi connectivity index (χ2v) is 7.46. The Kier molecular flexibility index (Phi) is 6.70. The summed E-state index contributed by atoms with van der Waals surface area (Å²) in [6, 6.07) is 17.1. The fourth-order valence-electron chi connectivity index (χ4n) is 3.99. The molecule has 0 saturated carbocycles. The minimum absolute atomic E-state index is 0.321. The molecule has 0 unspecified atom stereocenters. The number of rotatable bonds is 10. The summed E-state index contributed by atoms with van der Waals surface area (Å²) in [4.78, 5) is 1.54. The molecule has 3 heteroatoms. The highest BCUT2D eigenvalue weighted by Crippen LogP contribution is 2.28. The molecule has 0 saturated heterocycles. The highest BCUT2D eigenvalue weighted by molar-refractivity contribution is 6.07. The van der Waals surface area contributed by atoms with E-state index in [0.29, 0.717) is 6.54 Å². The fourth-order valence-corrected chi connectivity index (χ4v) is 3.99. The number of nitrogens with zero attached hydrogens (tertiary/aromatic N) is 1. The maximum absolute atomic E-state index is 10.9. The molecular weight excluding hydrogens is 320 g/mol. The van der Waals surface area contributed by atoms with Crippen molar-refractivity contribution in [1.29, 1.82) is 0 Å². The predicted octanol–water partition coefficient (Wildman–Crippen LogP) is 3.64. The van der Waals surface area contributed by atoms with E-state index in [1.54, 1.807) is 4.90 Å². The van der Waals surface area contributed by atoms with Crippen LogP contribution >= 0.6 is 0 Å². The van der Waals surface area contributed by atoms with Crippen molar-refractivity contribution in [3.63, 3.8) is 0 Å². The minimum atomic E-state index is -0.321. The van der Waals surface area contributed by atoms with Crippen molar-refractivity contribution in [3.8, 4) is 0 Å². The molecule has 3 nitrogen and oxygen atoms in total.